The van der Waals surface area contributed by atoms with Gasteiger partial charge in [0.05, 0.1) is 19.8 Å². The van der Waals surface area contributed by atoms with Gasteiger partial charge in [0.25, 0.3) is 0 Å². The lowest BCUT2D eigenvalue weighted by molar-refractivity contribution is 0.0703. The molecule has 0 radical (unpaired) electrons. The first-order chi connectivity index (χ1) is 18.9. The van der Waals surface area contributed by atoms with Crippen LogP contribution in [0.15, 0.2) is 71.0 Å². The van der Waals surface area contributed by atoms with E-state index in [1.165, 1.54) is 7.11 Å². The average Bonchev–Trinajstić information content (AvgIpc) is 3.62. The number of aryl methyl sites for hydroxylation is 2. The van der Waals surface area contributed by atoms with Gasteiger partial charge in [0.2, 0.25) is 11.5 Å². The van der Waals surface area contributed by atoms with Crippen LogP contribution < -0.4 is 18.9 Å². The molecule has 0 saturated heterocycles. The molecule has 3 aromatic carbocycles. The highest BCUT2D eigenvalue weighted by atomic mass is 16.6. The summed E-state index contributed by atoms with van der Waals surface area (Å²) in [5.74, 6) is 1.14. The normalized spacial score (nSPS) is 13.6. The van der Waals surface area contributed by atoms with Crippen molar-refractivity contribution in [3.05, 3.63) is 89.0 Å². The number of benzene rings is 3. The van der Waals surface area contributed by atoms with E-state index in [0.29, 0.717) is 28.2 Å². The summed E-state index contributed by atoms with van der Waals surface area (Å²) in [6, 6.07) is 16.0. The van der Waals surface area contributed by atoms with Crippen molar-refractivity contribution in [2.75, 3.05) is 14.2 Å². The van der Waals surface area contributed by atoms with Gasteiger partial charge in [-0.05, 0) is 61.9 Å². The SMILES string of the molecule is CCn1cc(/C=C2\Oc3cc(OC(=O)c4cc5cccc(OC)c5o4)cc(C)c3C2=O)c2cc(OC)ccc21. The van der Waals surface area contributed by atoms with E-state index in [2.05, 4.69) is 11.5 Å². The molecule has 0 bridgehead atoms. The van der Waals surface area contributed by atoms with Gasteiger partial charge in [-0.1, -0.05) is 12.1 Å². The third-order valence-electron chi connectivity index (χ3n) is 6.83. The van der Waals surface area contributed by atoms with Crippen molar-refractivity contribution in [3.63, 3.8) is 0 Å². The highest BCUT2D eigenvalue weighted by molar-refractivity contribution is 6.16. The molecular weight excluding hydrogens is 498 g/mol. The van der Waals surface area contributed by atoms with Crippen LogP contribution in [-0.2, 0) is 6.54 Å². The van der Waals surface area contributed by atoms with Crippen molar-refractivity contribution < 1.29 is 33.0 Å². The van der Waals surface area contributed by atoms with Crippen LogP contribution >= 0.6 is 0 Å². The third kappa shape index (κ3) is 4.10. The van der Waals surface area contributed by atoms with Crippen LogP contribution in [0.25, 0.3) is 27.9 Å². The van der Waals surface area contributed by atoms with Crippen LogP contribution in [0.4, 0.5) is 0 Å². The predicted molar refractivity (Wildman–Crippen MR) is 146 cm³/mol. The van der Waals surface area contributed by atoms with Crippen LogP contribution in [0.2, 0.25) is 0 Å². The fraction of sp³-hybridized carbons (Fsp3) is 0.161. The lowest BCUT2D eigenvalue weighted by atomic mass is 10.0. The molecule has 8 nitrogen and oxygen atoms in total. The maximum atomic E-state index is 13.3. The van der Waals surface area contributed by atoms with Gasteiger partial charge in [0.1, 0.15) is 17.2 Å². The number of allylic oxidation sites excluding steroid dienone is 1. The van der Waals surface area contributed by atoms with Gasteiger partial charge in [-0.25, -0.2) is 4.79 Å². The zero-order valence-electron chi connectivity index (χ0n) is 21.9. The van der Waals surface area contributed by atoms with Crippen LogP contribution in [0.5, 0.6) is 23.0 Å². The Morgan fingerprint density at radius 2 is 1.87 bits per heavy atom. The lowest BCUT2D eigenvalue weighted by Crippen LogP contribution is -2.07. The number of esters is 1. The molecular formula is C31H25NO7. The van der Waals surface area contributed by atoms with E-state index in [1.54, 1.807) is 44.4 Å². The number of Topliss-reactive ketones (excluding diaryl/α,β-unsaturated/α-hetero) is 1. The summed E-state index contributed by atoms with van der Waals surface area (Å²) in [6.45, 7) is 4.61. The number of para-hydroxylation sites is 1. The lowest BCUT2D eigenvalue weighted by Gasteiger charge is -2.06. The fourth-order valence-electron chi connectivity index (χ4n) is 4.94. The third-order valence-corrected chi connectivity index (χ3v) is 6.83. The van der Waals surface area contributed by atoms with Gasteiger partial charge in [0.15, 0.2) is 17.1 Å². The van der Waals surface area contributed by atoms with Gasteiger partial charge < -0.3 is 27.9 Å². The number of aromatic nitrogens is 1. The minimum absolute atomic E-state index is 0.0352. The Balaban J connectivity index is 1.30. The van der Waals surface area contributed by atoms with Crippen LogP contribution in [0.1, 0.15) is 39.0 Å². The van der Waals surface area contributed by atoms with E-state index in [0.717, 1.165) is 34.1 Å². The smallest absolute Gasteiger partial charge is 0.379 e. The number of hydrogen-bond donors (Lipinski definition) is 0. The molecule has 6 rings (SSSR count). The summed E-state index contributed by atoms with van der Waals surface area (Å²) in [5.41, 5.74) is 3.40. The predicted octanol–water partition coefficient (Wildman–Crippen LogP) is 6.57. The summed E-state index contributed by atoms with van der Waals surface area (Å²) < 4.78 is 30.1. The largest absolute Gasteiger partial charge is 0.497 e. The molecule has 1 aliphatic heterocycles. The van der Waals surface area contributed by atoms with Crippen molar-refractivity contribution in [1.29, 1.82) is 0 Å². The first-order valence-corrected chi connectivity index (χ1v) is 12.4. The Hall–Kier alpha value is -4.98. The summed E-state index contributed by atoms with van der Waals surface area (Å²) in [7, 11) is 3.15. The van der Waals surface area contributed by atoms with Crippen molar-refractivity contribution in [2.24, 2.45) is 0 Å². The number of hydrogen-bond acceptors (Lipinski definition) is 7. The number of fused-ring (bicyclic) bond motifs is 3. The van der Waals surface area contributed by atoms with Crippen molar-refractivity contribution >= 4 is 39.7 Å². The monoisotopic (exact) mass is 523 g/mol. The van der Waals surface area contributed by atoms with E-state index in [1.807, 2.05) is 36.5 Å². The Morgan fingerprint density at radius 3 is 2.64 bits per heavy atom. The molecule has 0 N–H and O–H groups in total. The molecule has 2 aromatic heterocycles. The number of nitrogens with zero attached hydrogens (tertiary/aromatic N) is 1. The van der Waals surface area contributed by atoms with Gasteiger partial charge in [-0.15, -0.1) is 0 Å². The number of methoxy groups -OCH3 is 2. The molecule has 0 saturated carbocycles. The molecule has 0 fully saturated rings. The van der Waals surface area contributed by atoms with E-state index in [9.17, 15) is 9.59 Å². The molecule has 0 unspecified atom stereocenters. The highest BCUT2D eigenvalue weighted by Gasteiger charge is 2.31. The van der Waals surface area contributed by atoms with Crippen LogP contribution in [0, 0.1) is 6.92 Å². The van der Waals surface area contributed by atoms with Crippen molar-refractivity contribution in [2.45, 2.75) is 20.4 Å². The summed E-state index contributed by atoms with van der Waals surface area (Å²) >= 11 is 0. The number of carbonyl (C=O) groups excluding carboxylic acids is 2. The molecule has 8 heteroatoms. The van der Waals surface area contributed by atoms with Gasteiger partial charge in [-0.3, -0.25) is 4.79 Å². The number of ether oxygens (including phenoxy) is 4. The molecule has 3 heterocycles. The highest BCUT2D eigenvalue weighted by Crippen LogP contribution is 2.39. The molecule has 39 heavy (non-hydrogen) atoms. The van der Waals surface area contributed by atoms with Gasteiger partial charge in [0, 0.05) is 40.7 Å². The number of furan rings is 1. The fourth-order valence-corrected chi connectivity index (χ4v) is 4.94. The first-order valence-electron chi connectivity index (χ1n) is 12.4. The maximum absolute atomic E-state index is 13.3. The second kappa shape index (κ2) is 9.40. The number of rotatable bonds is 6. The second-order valence-corrected chi connectivity index (χ2v) is 9.19. The summed E-state index contributed by atoms with van der Waals surface area (Å²) in [6.07, 6.45) is 3.72. The Morgan fingerprint density at radius 1 is 1.03 bits per heavy atom. The number of carbonyl (C=O) groups is 2. The quantitative estimate of drug-likeness (QED) is 0.141. The van der Waals surface area contributed by atoms with Gasteiger partial charge in [-0.2, -0.15) is 0 Å². The average molecular weight is 524 g/mol. The molecule has 0 atom stereocenters. The molecule has 5 aromatic rings. The Bertz CT molecular complexity index is 1820. The van der Waals surface area contributed by atoms with Gasteiger partial charge >= 0.3 is 5.97 Å². The standard InChI is InChI=1S/C31H25NO7/c1-5-32-16-19(22-14-20(35-3)9-10-23(22)32)13-26-29(33)28-17(2)11-21(15-25(28)38-26)37-31(34)27-12-18-7-6-8-24(36-4)30(18)39-27/h6-16H,5H2,1-4H3/b26-13-. The minimum atomic E-state index is -0.672. The first kappa shape index (κ1) is 24.4. The zero-order valence-corrected chi connectivity index (χ0v) is 21.9. The second-order valence-electron chi connectivity index (χ2n) is 9.19. The van der Waals surface area contributed by atoms with Crippen molar-refractivity contribution in [3.8, 4) is 23.0 Å². The molecule has 1 aliphatic rings. The molecule has 0 aliphatic carbocycles. The zero-order chi connectivity index (χ0) is 27.3. The molecule has 0 spiro atoms. The Kier molecular flexibility index (Phi) is 5.87. The van der Waals surface area contributed by atoms with E-state index in [4.69, 9.17) is 23.4 Å². The van der Waals surface area contributed by atoms with E-state index < -0.39 is 5.97 Å². The summed E-state index contributed by atoms with van der Waals surface area (Å²) in [4.78, 5) is 26.2. The topological polar surface area (TPSA) is 89.1 Å². The van der Waals surface area contributed by atoms with Crippen LogP contribution in [-0.4, -0.2) is 30.5 Å². The van der Waals surface area contributed by atoms with Crippen molar-refractivity contribution in [1.82, 2.24) is 4.57 Å². The molecule has 196 valence electrons. The summed E-state index contributed by atoms with van der Waals surface area (Å²) in [5, 5.41) is 1.67. The minimum Gasteiger partial charge on any atom is -0.497 e. The maximum Gasteiger partial charge on any atom is 0.379 e. The number of ketones is 1. The Labute approximate surface area is 223 Å². The van der Waals surface area contributed by atoms with E-state index in [-0.39, 0.29) is 23.1 Å². The van der Waals surface area contributed by atoms with Crippen LogP contribution in [0.3, 0.4) is 0 Å². The van der Waals surface area contributed by atoms with E-state index >= 15 is 0 Å². The molecule has 0 amide bonds.